The summed E-state index contributed by atoms with van der Waals surface area (Å²) in [6.07, 6.45) is 1.42. The van der Waals surface area contributed by atoms with Crippen molar-refractivity contribution >= 4 is 46.9 Å². The van der Waals surface area contributed by atoms with Gasteiger partial charge in [-0.25, -0.2) is 5.43 Å². The largest absolute Gasteiger partial charge is 0.322 e. The summed E-state index contributed by atoms with van der Waals surface area (Å²) >= 11 is 12.0. The maximum Gasteiger partial charge on any atom is 0.271 e. The van der Waals surface area contributed by atoms with Gasteiger partial charge in [0.2, 0.25) is 0 Å². The van der Waals surface area contributed by atoms with Crippen LogP contribution in [0.15, 0.2) is 77.9 Å². The van der Waals surface area contributed by atoms with Crippen molar-refractivity contribution in [3.8, 4) is 0 Å². The van der Waals surface area contributed by atoms with E-state index in [-0.39, 0.29) is 5.91 Å². The molecular formula is C21H15Cl2N3O2. The summed E-state index contributed by atoms with van der Waals surface area (Å²) in [5.41, 5.74) is 4.55. The Labute approximate surface area is 172 Å². The molecule has 0 radical (unpaired) electrons. The van der Waals surface area contributed by atoms with Gasteiger partial charge < -0.3 is 5.32 Å². The van der Waals surface area contributed by atoms with E-state index >= 15 is 0 Å². The summed E-state index contributed by atoms with van der Waals surface area (Å²) in [5.74, 6) is -0.615. The summed E-state index contributed by atoms with van der Waals surface area (Å²) in [6.45, 7) is 0. The van der Waals surface area contributed by atoms with Crippen LogP contribution < -0.4 is 10.7 Å². The van der Waals surface area contributed by atoms with Gasteiger partial charge in [0.05, 0.1) is 16.3 Å². The van der Waals surface area contributed by atoms with Crippen LogP contribution in [0, 0.1) is 0 Å². The van der Waals surface area contributed by atoms with Crippen molar-refractivity contribution in [1.29, 1.82) is 0 Å². The minimum absolute atomic E-state index is 0.221. The Kier molecular flexibility index (Phi) is 6.42. The van der Waals surface area contributed by atoms with Crippen molar-refractivity contribution in [3.63, 3.8) is 0 Å². The van der Waals surface area contributed by atoms with Gasteiger partial charge in [0, 0.05) is 22.4 Å². The van der Waals surface area contributed by atoms with E-state index in [1.807, 2.05) is 6.07 Å². The zero-order valence-electron chi connectivity index (χ0n) is 14.5. The molecule has 0 aliphatic carbocycles. The smallest absolute Gasteiger partial charge is 0.271 e. The number of carbonyl (C=O) groups is 2. The number of carbonyl (C=O) groups excluding carboxylic acids is 2. The normalized spacial score (nSPS) is 10.6. The van der Waals surface area contributed by atoms with Gasteiger partial charge in [0.1, 0.15) is 0 Å². The summed E-state index contributed by atoms with van der Waals surface area (Å²) in [6, 6.07) is 20.5. The SMILES string of the molecule is O=C(N/N=C/c1cccc(Cl)c1Cl)c1ccc(NC(=O)c2ccccc2)cc1. The molecule has 28 heavy (non-hydrogen) atoms. The molecule has 7 heteroatoms. The summed E-state index contributed by atoms with van der Waals surface area (Å²) in [5, 5.41) is 7.44. The average molecular weight is 412 g/mol. The Morgan fingerprint density at radius 1 is 0.786 bits per heavy atom. The molecule has 5 nitrogen and oxygen atoms in total. The second-order valence-electron chi connectivity index (χ2n) is 5.74. The molecule has 0 heterocycles. The lowest BCUT2D eigenvalue weighted by atomic mass is 10.1. The van der Waals surface area contributed by atoms with Gasteiger partial charge in [-0.3, -0.25) is 9.59 Å². The first-order valence-corrected chi connectivity index (χ1v) is 9.04. The number of hydrazone groups is 1. The minimum Gasteiger partial charge on any atom is -0.322 e. The van der Waals surface area contributed by atoms with Crippen LogP contribution >= 0.6 is 23.2 Å². The third-order valence-corrected chi connectivity index (χ3v) is 4.63. The van der Waals surface area contributed by atoms with Crippen LogP contribution in [0.2, 0.25) is 10.0 Å². The van der Waals surface area contributed by atoms with Gasteiger partial charge in [-0.1, -0.05) is 53.5 Å². The molecule has 0 atom stereocenters. The number of rotatable bonds is 5. The highest BCUT2D eigenvalue weighted by molar-refractivity contribution is 6.43. The van der Waals surface area contributed by atoms with E-state index in [2.05, 4.69) is 15.8 Å². The fourth-order valence-electron chi connectivity index (χ4n) is 2.34. The fraction of sp³-hybridized carbons (Fsp3) is 0. The van der Waals surface area contributed by atoms with Gasteiger partial charge in [-0.05, 0) is 42.5 Å². The van der Waals surface area contributed by atoms with E-state index in [0.29, 0.717) is 32.4 Å². The molecule has 140 valence electrons. The molecule has 0 saturated carbocycles. The Hall–Kier alpha value is -3.15. The molecule has 0 aliphatic heterocycles. The number of nitrogens with one attached hydrogen (secondary N) is 2. The number of anilines is 1. The van der Waals surface area contributed by atoms with Crippen LogP contribution in [0.5, 0.6) is 0 Å². The van der Waals surface area contributed by atoms with Crippen LogP contribution in [-0.4, -0.2) is 18.0 Å². The Morgan fingerprint density at radius 2 is 1.46 bits per heavy atom. The highest BCUT2D eigenvalue weighted by atomic mass is 35.5. The molecule has 2 N–H and O–H groups in total. The molecule has 0 unspecified atom stereocenters. The first kappa shape index (κ1) is 19.6. The first-order valence-electron chi connectivity index (χ1n) is 8.28. The van der Waals surface area contributed by atoms with Crippen molar-refractivity contribution in [3.05, 3.63) is 99.5 Å². The highest BCUT2D eigenvalue weighted by Crippen LogP contribution is 2.24. The zero-order chi connectivity index (χ0) is 19.9. The minimum atomic E-state index is -0.393. The van der Waals surface area contributed by atoms with E-state index in [4.69, 9.17) is 23.2 Å². The molecule has 3 rings (SSSR count). The Morgan fingerprint density at radius 3 is 2.18 bits per heavy atom. The lowest BCUT2D eigenvalue weighted by Gasteiger charge is -2.06. The van der Waals surface area contributed by atoms with Gasteiger partial charge >= 0.3 is 0 Å². The first-order chi connectivity index (χ1) is 13.5. The lowest BCUT2D eigenvalue weighted by Crippen LogP contribution is -2.18. The fourth-order valence-corrected chi connectivity index (χ4v) is 2.70. The number of amides is 2. The monoisotopic (exact) mass is 411 g/mol. The average Bonchev–Trinajstić information content (AvgIpc) is 2.72. The Bertz CT molecular complexity index is 1020. The van der Waals surface area contributed by atoms with Gasteiger partial charge in [0.25, 0.3) is 11.8 Å². The number of halogens is 2. The summed E-state index contributed by atoms with van der Waals surface area (Å²) in [4.78, 5) is 24.3. The number of hydrogen-bond acceptors (Lipinski definition) is 3. The van der Waals surface area contributed by atoms with Gasteiger partial charge in [0.15, 0.2) is 0 Å². The molecule has 0 bridgehead atoms. The van der Waals surface area contributed by atoms with E-state index in [0.717, 1.165) is 0 Å². The van der Waals surface area contributed by atoms with Gasteiger partial charge in [-0.2, -0.15) is 5.10 Å². The van der Waals surface area contributed by atoms with Crippen molar-refractivity contribution in [2.45, 2.75) is 0 Å². The second-order valence-corrected chi connectivity index (χ2v) is 6.52. The Balaban J connectivity index is 1.60. The maximum atomic E-state index is 12.2. The van der Waals surface area contributed by atoms with Crippen LogP contribution in [0.4, 0.5) is 5.69 Å². The molecule has 0 aliphatic rings. The van der Waals surface area contributed by atoms with Crippen molar-refractivity contribution < 1.29 is 9.59 Å². The standard InChI is InChI=1S/C21H15Cl2N3O2/c22-18-8-4-7-16(19(18)23)13-24-26-21(28)15-9-11-17(12-10-15)25-20(27)14-5-2-1-3-6-14/h1-13H,(H,25,27)(H,26,28)/b24-13+. The third-order valence-electron chi connectivity index (χ3n) is 3.79. The predicted molar refractivity (Wildman–Crippen MR) is 112 cm³/mol. The zero-order valence-corrected chi connectivity index (χ0v) is 16.0. The van der Waals surface area contributed by atoms with E-state index < -0.39 is 5.91 Å². The topological polar surface area (TPSA) is 70.6 Å². The van der Waals surface area contributed by atoms with Crippen LogP contribution in [0.1, 0.15) is 26.3 Å². The van der Waals surface area contributed by atoms with E-state index in [1.165, 1.54) is 6.21 Å². The molecule has 0 saturated heterocycles. The van der Waals surface area contributed by atoms with E-state index in [1.54, 1.807) is 66.7 Å². The van der Waals surface area contributed by atoms with Crippen molar-refractivity contribution in [1.82, 2.24) is 5.43 Å². The van der Waals surface area contributed by atoms with Gasteiger partial charge in [-0.15, -0.1) is 0 Å². The maximum absolute atomic E-state index is 12.2. The second kappa shape index (κ2) is 9.17. The van der Waals surface area contributed by atoms with E-state index in [9.17, 15) is 9.59 Å². The molecule has 0 spiro atoms. The van der Waals surface area contributed by atoms with Crippen molar-refractivity contribution in [2.75, 3.05) is 5.32 Å². The van der Waals surface area contributed by atoms with Crippen LogP contribution in [-0.2, 0) is 0 Å². The lowest BCUT2D eigenvalue weighted by molar-refractivity contribution is 0.0954. The number of benzene rings is 3. The molecule has 3 aromatic carbocycles. The highest BCUT2D eigenvalue weighted by Gasteiger charge is 2.08. The van der Waals surface area contributed by atoms with Crippen LogP contribution in [0.25, 0.3) is 0 Å². The summed E-state index contributed by atoms with van der Waals surface area (Å²) in [7, 11) is 0. The molecule has 2 amide bonds. The molecular weight excluding hydrogens is 397 g/mol. The quantitative estimate of drug-likeness (QED) is 0.457. The number of hydrogen-bond donors (Lipinski definition) is 2. The molecule has 0 fully saturated rings. The van der Waals surface area contributed by atoms with Crippen molar-refractivity contribution in [2.24, 2.45) is 5.10 Å². The predicted octanol–water partition coefficient (Wildman–Crippen LogP) is 5.01. The van der Waals surface area contributed by atoms with Crippen LogP contribution in [0.3, 0.4) is 0 Å². The number of nitrogens with zero attached hydrogens (tertiary/aromatic N) is 1. The molecule has 3 aromatic rings. The summed E-state index contributed by atoms with van der Waals surface area (Å²) < 4.78 is 0. The molecule has 0 aromatic heterocycles. The third kappa shape index (κ3) is 4.97.